The maximum Gasteiger partial charge on any atom is 0.311 e. The molecule has 0 aliphatic carbocycles. The molecular formula is C14H22N2O4. The fourth-order valence-corrected chi connectivity index (χ4v) is 3.20. The summed E-state index contributed by atoms with van der Waals surface area (Å²) in [5.41, 5.74) is -0.843. The third-order valence-electron chi connectivity index (χ3n) is 4.83. The molecule has 0 saturated carbocycles. The van der Waals surface area contributed by atoms with E-state index in [0.717, 1.165) is 0 Å². The smallest absolute Gasteiger partial charge is 0.311 e. The maximum atomic E-state index is 12.4. The Labute approximate surface area is 118 Å². The minimum atomic E-state index is -0.843. The highest BCUT2D eigenvalue weighted by Crippen LogP contribution is 2.39. The van der Waals surface area contributed by atoms with Gasteiger partial charge in [0.15, 0.2) is 0 Å². The van der Waals surface area contributed by atoms with Crippen molar-refractivity contribution in [2.75, 3.05) is 26.7 Å². The van der Waals surface area contributed by atoms with E-state index in [9.17, 15) is 19.5 Å². The van der Waals surface area contributed by atoms with E-state index >= 15 is 0 Å². The molecule has 2 saturated heterocycles. The zero-order chi connectivity index (χ0) is 15.1. The molecule has 0 aromatic carbocycles. The van der Waals surface area contributed by atoms with Crippen LogP contribution in [0.15, 0.2) is 0 Å². The molecular weight excluding hydrogens is 260 g/mol. The van der Waals surface area contributed by atoms with Gasteiger partial charge in [-0.2, -0.15) is 0 Å². The molecule has 2 fully saturated rings. The van der Waals surface area contributed by atoms with Gasteiger partial charge in [0.05, 0.1) is 11.3 Å². The van der Waals surface area contributed by atoms with E-state index in [0.29, 0.717) is 19.5 Å². The van der Waals surface area contributed by atoms with Crippen LogP contribution in [0.25, 0.3) is 0 Å². The number of hydrogen-bond donors (Lipinski definition) is 1. The van der Waals surface area contributed by atoms with Gasteiger partial charge in [0.25, 0.3) is 0 Å². The highest BCUT2D eigenvalue weighted by molar-refractivity contribution is 5.90. The van der Waals surface area contributed by atoms with Gasteiger partial charge in [0.1, 0.15) is 0 Å². The van der Waals surface area contributed by atoms with Crippen LogP contribution in [0.2, 0.25) is 0 Å². The van der Waals surface area contributed by atoms with Crippen molar-refractivity contribution in [2.45, 2.75) is 26.7 Å². The molecule has 2 unspecified atom stereocenters. The summed E-state index contributed by atoms with van der Waals surface area (Å²) in [5, 5.41) is 9.48. The molecule has 2 heterocycles. The SMILES string of the molecule is CC(C)C1(C(=O)O)CCN(C(=O)C2CC(=O)N(C)C2)C1. The second kappa shape index (κ2) is 5.07. The topological polar surface area (TPSA) is 77.9 Å². The molecule has 6 heteroatoms. The average Bonchev–Trinajstić information content (AvgIpc) is 2.94. The highest BCUT2D eigenvalue weighted by Gasteiger charge is 2.49. The maximum absolute atomic E-state index is 12.4. The Hall–Kier alpha value is -1.59. The van der Waals surface area contributed by atoms with Crippen molar-refractivity contribution in [3.05, 3.63) is 0 Å². The van der Waals surface area contributed by atoms with Gasteiger partial charge in [0.2, 0.25) is 11.8 Å². The van der Waals surface area contributed by atoms with Crippen molar-refractivity contribution in [3.8, 4) is 0 Å². The van der Waals surface area contributed by atoms with Crippen LogP contribution in [0.1, 0.15) is 26.7 Å². The summed E-state index contributed by atoms with van der Waals surface area (Å²) in [5.74, 6) is -1.26. The third kappa shape index (κ3) is 2.27. The predicted octanol–water partition coefficient (Wildman–Crippen LogP) is 0.424. The van der Waals surface area contributed by atoms with Crippen molar-refractivity contribution in [1.82, 2.24) is 9.80 Å². The second-order valence-electron chi connectivity index (χ2n) is 6.30. The van der Waals surface area contributed by atoms with E-state index in [4.69, 9.17) is 0 Å². The molecule has 0 aromatic heterocycles. The third-order valence-corrected chi connectivity index (χ3v) is 4.83. The lowest BCUT2D eigenvalue weighted by molar-refractivity contribution is -0.151. The van der Waals surface area contributed by atoms with Gasteiger partial charge in [-0.1, -0.05) is 13.8 Å². The molecule has 6 nitrogen and oxygen atoms in total. The summed E-state index contributed by atoms with van der Waals surface area (Å²) >= 11 is 0. The molecule has 0 radical (unpaired) electrons. The minimum absolute atomic E-state index is 0.0177. The van der Waals surface area contributed by atoms with Crippen LogP contribution in [0, 0.1) is 17.3 Å². The molecule has 112 valence electrons. The Bertz CT molecular complexity index is 448. The zero-order valence-corrected chi connectivity index (χ0v) is 12.3. The van der Waals surface area contributed by atoms with Gasteiger partial charge < -0.3 is 14.9 Å². The first-order valence-corrected chi connectivity index (χ1v) is 7.04. The Morgan fingerprint density at radius 2 is 2.05 bits per heavy atom. The number of carbonyl (C=O) groups excluding carboxylic acids is 2. The van der Waals surface area contributed by atoms with Crippen LogP contribution in [-0.2, 0) is 14.4 Å². The quantitative estimate of drug-likeness (QED) is 0.814. The number of carboxylic acid groups (broad SMARTS) is 1. The van der Waals surface area contributed by atoms with E-state index in [1.54, 1.807) is 16.8 Å². The van der Waals surface area contributed by atoms with Crippen molar-refractivity contribution >= 4 is 17.8 Å². The minimum Gasteiger partial charge on any atom is -0.481 e. The van der Waals surface area contributed by atoms with Crippen LogP contribution in [-0.4, -0.2) is 59.4 Å². The van der Waals surface area contributed by atoms with Gasteiger partial charge in [-0.15, -0.1) is 0 Å². The number of likely N-dealkylation sites (tertiary alicyclic amines) is 2. The molecule has 2 aliphatic rings. The number of amides is 2. The fraction of sp³-hybridized carbons (Fsp3) is 0.786. The van der Waals surface area contributed by atoms with Gasteiger partial charge in [-0.25, -0.2) is 0 Å². The highest BCUT2D eigenvalue weighted by atomic mass is 16.4. The standard InChI is InChI=1S/C14H22N2O4/c1-9(2)14(13(19)20)4-5-16(8-14)12(18)10-6-11(17)15(3)7-10/h9-10H,4-8H2,1-3H3,(H,19,20). The molecule has 0 bridgehead atoms. The van der Waals surface area contributed by atoms with E-state index in [-0.39, 0.29) is 36.6 Å². The number of hydrogen-bond acceptors (Lipinski definition) is 3. The predicted molar refractivity (Wildman–Crippen MR) is 71.8 cm³/mol. The second-order valence-corrected chi connectivity index (χ2v) is 6.30. The molecule has 1 N–H and O–H groups in total. The first kappa shape index (κ1) is 14.8. The van der Waals surface area contributed by atoms with E-state index in [1.807, 2.05) is 13.8 Å². The molecule has 2 aliphatic heterocycles. The van der Waals surface area contributed by atoms with Gasteiger partial charge in [0, 0.05) is 33.1 Å². The van der Waals surface area contributed by atoms with Crippen LogP contribution in [0.3, 0.4) is 0 Å². The number of carbonyl (C=O) groups is 3. The van der Waals surface area contributed by atoms with Crippen molar-refractivity contribution in [1.29, 1.82) is 0 Å². The summed E-state index contributed by atoms with van der Waals surface area (Å²) in [6.07, 6.45) is 0.732. The lowest BCUT2D eigenvalue weighted by Gasteiger charge is -2.29. The molecule has 0 aromatic rings. The van der Waals surface area contributed by atoms with Crippen molar-refractivity contribution in [3.63, 3.8) is 0 Å². The number of nitrogens with zero attached hydrogens (tertiary/aromatic N) is 2. The molecule has 2 atom stereocenters. The Balaban J connectivity index is 2.07. The van der Waals surface area contributed by atoms with Crippen molar-refractivity contribution in [2.24, 2.45) is 17.3 Å². The Morgan fingerprint density at radius 1 is 1.40 bits per heavy atom. The van der Waals surface area contributed by atoms with Crippen LogP contribution in [0.5, 0.6) is 0 Å². The summed E-state index contributed by atoms with van der Waals surface area (Å²) in [4.78, 5) is 38.7. The molecule has 2 amide bonds. The number of carboxylic acids is 1. The normalized spacial score (nSPS) is 30.4. The summed E-state index contributed by atoms with van der Waals surface area (Å²) in [6, 6.07) is 0. The first-order chi connectivity index (χ1) is 9.28. The van der Waals surface area contributed by atoms with Gasteiger partial charge in [-0.05, 0) is 12.3 Å². The number of aliphatic carboxylic acids is 1. The Morgan fingerprint density at radius 3 is 2.45 bits per heavy atom. The molecule has 2 rings (SSSR count). The monoisotopic (exact) mass is 282 g/mol. The fourth-order valence-electron chi connectivity index (χ4n) is 3.20. The molecule has 20 heavy (non-hydrogen) atoms. The summed E-state index contributed by atoms with van der Waals surface area (Å²) in [7, 11) is 1.69. The van der Waals surface area contributed by atoms with Crippen LogP contribution >= 0.6 is 0 Å². The van der Waals surface area contributed by atoms with E-state index in [2.05, 4.69) is 0 Å². The van der Waals surface area contributed by atoms with Gasteiger partial charge >= 0.3 is 5.97 Å². The van der Waals surface area contributed by atoms with Crippen molar-refractivity contribution < 1.29 is 19.5 Å². The lowest BCUT2D eigenvalue weighted by Crippen LogP contribution is -2.42. The largest absolute Gasteiger partial charge is 0.481 e. The summed E-state index contributed by atoms with van der Waals surface area (Å²) < 4.78 is 0. The van der Waals surface area contributed by atoms with Crippen LogP contribution in [0.4, 0.5) is 0 Å². The zero-order valence-electron chi connectivity index (χ0n) is 12.3. The molecule has 0 spiro atoms. The first-order valence-electron chi connectivity index (χ1n) is 7.04. The Kier molecular flexibility index (Phi) is 3.75. The van der Waals surface area contributed by atoms with Gasteiger partial charge in [-0.3, -0.25) is 14.4 Å². The average molecular weight is 282 g/mol. The summed E-state index contributed by atoms with van der Waals surface area (Å²) in [6.45, 7) is 4.94. The van der Waals surface area contributed by atoms with Crippen LogP contribution < -0.4 is 0 Å². The van der Waals surface area contributed by atoms with E-state index < -0.39 is 11.4 Å². The lowest BCUT2D eigenvalue weighted by atomic mass is 9.76. The number of rotatable bonds is 3. The van der Waals surface area contributed by atoms with E-state index in [1.165, 1.54) is 0 Å².